The predicted octanol–water partition coefficient (Wildman–Crippen LogP) is 0.432. The van der Waals surface area contributed by atoms with Gasteiger partial charge in [-0.1, -0.05) is 11.6 Å². The van der Waals surface area contributed by atoms with Crippen LogP contribution in [0.2, 0.25) is 5.02 Å². The molecule has 4 N–H and O–H groups in total. The van der Waals surface area contributed by atoms with E-state index in [9.17, 15) is 13.2 Å². The molecule has 90 valence electrons. The maximum absolute atomic E-state index is 11.2. The Morgan fingerprint density at radius 1 is 1.47 bits per heavy atom. The lowest BCUT2D eigenvalue weighted by Crippen LogP contribution is -2.12. The molecular formula is C8H7ClN4O3S. The molecule has 0 fully saturated rings. The number of amides is 1. The van der Waals surface area contributed by atoms with E-state index in [0.717, 1.165) is 0 Å². The summed E-state index contributed by atoms with van der Waals surface area (Å²) in [7, 11) is -3.90. The third-order valence-electron chi connectivity index (χ3n) is 2.04. The van der Waals surface area contributed by atoms with Crippen LogP contribution < -0.4 is 10.5 Å². The molecule has 2 rings (SSSR count). The summed E-state index contributed by atoms with van der Waals surface area (Å²) >= 11 is 5.77. The van der Waals surface area contributed by atoms with Gasteiger partial charge in [-0.3, -0.25) is 10.1 Å². The number of fused-ring (bicyclic) bond motifs is 1. The summed E-state index contributed by atoms with van der Waals surface area (Å²) in [5, 5.41) is 7.28. The molecule has 0 aliphatic carbocycles. The van der Waals surface area contributed by atoms with Gasteiger partial charge in [-0.2, -0.15) is 0 Å². The number of carbonyl (C=O) groups is 1. The van der Waals surface area contributed by atoms with Gasteiger partial charge in [-0.05, 0) is 12.1 Å². The molecule has 17 heavy (non-hydrogen) atoms. The predicted molar refractivity (Wildman–Crippen MR) is 62.2 cm³/mol. The van der Waals surface area contributed by atoms with Gasteiger partial charge in [-0.25, -0.2) is 18.5 Å². The minimum absolute atomic E-state index is 0.0239. The highest BCUT2D eigenvalue weighted by atomic mass is 35.5. The van der Waals surface area contributed by atoms with Gasteiger partial charge in [0.25, 0.3) is 0 Å². The van der Waals surface area contributed by atoms with E-state index in [1.54, 1.807) is 0 Å². The van der Waals surface area contributed by atoms with Crippen LogP contribution in [0.1, 0.15) is 0 Å². The number of carbonyl (C=O) groups excluding carboxylic acids is 1. The minimum Gasteiger partial charge on any atom is -0.324 e. The fourth-order valence-corrected chi connectivity index (χ4v) is 2.45. The van der Waals surface area contributed by atoms with E-state index in [1.165, 1.54) is 12.1 Å². The summed E-state index contributed by atoms with van der Waals surface area (Å²) in [5.41, 5.74) is 0.828. The first-order valence-electron chi connectivity index (χ1n) is 4.34. The number of H-pyrrole nitrogens is 1. The van der Waals surface area contributed by atoms with Crippen LogP contribution in [0, 0.1) is 0 Å². The number of aromatic nitrogens is 2. The number of aromatic amines is 1. The van der Waals surface area contributed by atoms with Crippen molar-refractivity contribution in [2.75, 3.05) is 5.32 Å². The molecule has 0 aliphatic rings. The van der Waals surface area contributed by atoms with E-state index in [0.29, 0.717) is 17.4 Å². The zero-order valence-electron chi connectivity index (χ0n) is 8.27. The largest absolute Gasteiger partial charge is 0.324 e. The molecule has 0 radical (unpaired) electrons. The number of rotatable bonds is 3. The number of nitrogens with zero attached hydrogens (tertiary/aromatic N) is 1. The van der Waals surface area contributed by atoms with Crippen molar-refractivity contribution < 1.29 is 13.2 Å². The lowest BCUT2D eigenvalue weighted by Gasteiger charge is -2.00. The highest BCUT2D eigenvalue weighted by Crippen LogP contribution is 2.26. The van der Waals surface area contributed by atoms with Crippen LogP contribution in [0.5, 0.6) is 0 Å². The number of benzene rings is 1. The Balaban J connectivity index is 2.68. The normalized spacial score (nSPS) is 11.6. The minimum atomic E-state index is -3.90. The molecule has 2 aromatic rings. The van der Waals surface area contributed by atoms with Crippen molar-refractivity contribution in [3.05, 3.63) is 17.2 Å². The third kappa shape index (κ3) is 2.23. The number of hydrogen-bond acceptors (Lipinski definition) is 4. The van der Waals surface area contributed by atoms with Crippen LogP contribution in [-0.4, -0.2) is 24.8 Å². The van der Waals surface area contributed by atoms with Crippen molar-refractivity contribution in [1.82, 2.24) is 9.97 Å². The zero-order chi connectivity index (χ0) is 12.6. The van der Waals surface area contributed by atoms with Gasteiger partial charge in [-0.15, -0.1) is 0 Å². The van der Waals surface area contributed by atoms with Gasteiger partial charge in [0.05, 0.1) is 16.1 Å². The van der Waals surface area contributed by atoms with Crippen molar-refractivity contribution in [2.45, 2.75) is 4.90 Å². The van der Waals surface area contributed by atoms with Gasteiger partial charge in [0.1, 0.15) is 4.90 Å². The average Bonchev–Trinajstić information content (AvgIpc) is 2.57. The second-order valence-electron chi connectivity index (χ2n) is 3.19. The second-order valence-corrected chi connectivity index (χ2v) is 5.13. The molecule has 1 aromatic heterocycles. The lowest BCUT2D eigenvalue weighted by atomic mass is 10.3. The first kappa shape index (κ1) is 11.8. The number of nitrogens with one attached hydrogen (secondary N) is 2. The standard InChI is InChI=1S/C8H7ClN4O3S/c9-4-1-5-6(2-7(4)17(10,15)16)13-8(12-5)11-3-14/h1-3H,(H2,10,15,16)(H2,11,12,13,14). The maximum Gasteiger partial charge on any atom is 0.239 e. The first-order chi connectivity index (χ1) is 7.91. The van der Waals surface area contributed by atoms with Crippen molar-refractivity contribution in [2.24, 2.45) is 5.14 Å². The summed E-state index contributed by atoms with van der Waals surface area (Å²) < 4.78 is 22.4. The number of imidazole rings is 1. The summed E-state index contributed by atoms with van der Waals surface area (Å²) in [6.07, 6.45) is 0.444. The van der Waals surface area contributed by atoms with Gasteiger partial charge in [0.2, 0.25) is 22.4 Å². The van der Waals surface area contributed by atoms with Crippen LogP contribution in [0.15, 0.2) is 17.0 Å². The van der Waals surface area contributed by atoms with E-state index >= 15 is 0 Å². The fourth-order valence-electron chi connectivity index (χ4n) is 1.35. The molecular weight excluding hydrogens is 268 g/mol. The molecule has 9 heteroatoms. The Kier molecular flexibility index (Phi) is 2.77. The maximum atomic E-state index is 11.2. The Morgan fingerprint density at radius 2 is 2.18 bits per heavy atom. The topological polar surface area (TPSA) is 118 Å². The highest BCUT2D eigenvalue weighted by Gasteiger charge is 2.15. The van der Waals surface area contributed by atoms with Crippen molar-refractivity contribution in [3.63, 3.8) is 0 Å². The molecule has 0 saturated heterocycles. The number of hydrogen-bond donors (Lipinski definition) is 3. The monoisotopic (exact) mass is 274 g/mol. The third-order valence-corrected chi connectivity index (χ3v) is 3.41. The Labute approximate surface area is 101 Å². The highest BCUT2D eigenvalue weighted by molar-refractivity contribution is 7.89. The van der Waals surface area contributed by atoms with Crippen LogP contribution in [0.4, 0.5) is 5.95 Å². The van der Waals surface area contributed by atoms with E-state index in [1.807, 2.05) is 0 Å². The smallest absolute Gasteiger partial charge is 0.239 e. The summed E-state index contributed by atoms with van der Waals surface area (Å²) in [6, 6.07) is 2.61. The summed E-state index contributed by atoms with van der Waals surface area (Å²) in [4.78, 5) is 16.7. The molecule has 1 amide bonds. The summed E-state index contributed by atoms with van der Waals surface area (Å²) in [6.45, 7) is 0. The molecule has 0 spiro atoms. The average molecular weight is 275 g/mol. The molecule has 0 unspecified atom stereocenters. The number of primary sulfonamides is 1. The fraction of sp³-hybridized carbons (Fsp3) is 0. The first-order valence-corrected chi connectivity index (χ1v) is 6.26. The second kappa shape index (κ2) is 3.99. The zero-order valence-corrected chi connectivity index (χ0v) is 9.84. The van der Waals surface area contributed by atoms with Crippen molar-refractivity contribution >= 4 is 45.0 Å². The molecule has 7 nitrogen and oxygen atoms in total. The molecule has 0 bridgehead atoms. The molecule has 0 atom stereocenters. The molecule has 0 saturated carbocycles. The Hall–Kier alpha value is -1.64. The number of halogens is 1. The van der Waals surface area contributed by atoms with Crippen LogP contribution in [-0.2, 0) is 14.8 Å². The van der Waals surface area contributed by atoms with E-state index in [4.69, 9.17) is 16.7 Å². The SMILES string of the molecule is NS(=O)(=O)c1cc2[nH]c(NC=O)nc2cc1Cl. The number of anilines is 1. The number of sulfonamides is 1. The molecule has 1 heterocycles. The van der Waals surface area contributed by atoms with Crippen LogP contribution in [0.25, 0.3) is 11.0 Å². The Bertz CT molecular complexity index is 694. The lowest BCUT2D eigenvalue weighted by molar-refractivity contribution is -0.105. The van der Waals surface area contributed by atoms with Gasteiger partial charge >= 0.3 is 0 Å². The van der Waals surface area contributed by atoms with Crippen LogP contribution in [0.3, 0.4) is 0 Å². The Morgan fingerprint density at radius 3 is 2.76 bits per heavy atom. The van der Waals surface area contributed by atoms with E-state index in [-0.39, 0.29) is 15.9 Å². The van der Waals surface area contributed by atoms with E-state index < -0.39 is 10.0 Å². The van der Waals surface area contributed by atoms with E-state index in [2.05, 4.69) is 15.3 Å². The van der Waals surface area contributed by atoms with Gasteiger partial charge in [0, 0.05) is 0 Å². The van der Waals surface area contributed by atoms with Crippen molar-refractivity contribution in [1.29, 1.82) is 0 Å². The molecule has 1 aromatic carbocycles. The van der Waals surface area contributed by atoms with Crippen LogP contribution >= 0.6 is 11.6 Å². The van der Waals surface area contributed by atoms with Gasteiger partial charge in [0.15, 0.2) is 0 Å². The summed E-state index contributed by atoms with van der Waals surface area (Å²) in [5.74, 6) is 0.192. The number of nitrogens with two attached hydrogens (primary N) is 1. The van der Waals surface area contributed by atoms with Crippen molar-refractivity contribution in [3.8, 4) is 0 Å². The molecule has 0 aliphatic heterocycles. The quantitative estimate of drug-likeness (QED) is 0.703. The van der Waals surface area contributed by atoms with Gasteiger partial charge < -0.3 is 4.98 Å².